The van der Waals surface area contributed by atoms with E-state index < -0.39 is 0 Å². The van der Waals surface area contributed by atoms with Gasteiger partial charge >= 0.3 is 0 Å². The molecule has 0 amide bonds. The summed E-state index contributed by atoms with van der Waals surface area (Å²) in [6.07, 6.45) is 0.821. The van der Waals surface area contributed by atoms with Crippen molar-refractivity contribution in [2.75, 3.05) is 5.32 Å². The van der Waals surface area contributed by atoms with Gasteiger partial charge in [0.1, 0.15) is 0 Å². The Bertz CT molecular complexity index is 420. The molecule has 0 spiro atoms. The molecule has 15 heavy (non-hydrogen) atoms. The van der Waals surface area contributed by atoms with Crippen LogP contribution in [0.2, 0.25) is 0 Å². The molecule has 0 saturated carbocycles. The molecule has 1 N–H and O–H groups in total. The van der Waals surface area contributed by atoms with E-state index in [1.807, 2.05) is 36.4 Å². The summed E-state index contributed by atoms with van der Waals surface area (Å²) in [5.74, 6) is 0. The van der Waals surface area contributed by atoms with Crippen molar-refractivity contribution in [3.63, 3.8) is 0 Å². The second-order valence-corrected chi connectivity index (χ2v) is 4.70. The molecule has 1 nitrogen and oxygen atoms in total. The number of thiophene rings is 1. The topological polar surface area (TPSA) is 12.0 Å². The zero-order valence-corrected chi connectivity index (χ0v) is 9.78. The van der Waals surface area contributed by atoms with Crippen molar-refractivity contribution >= 4 is 34.2 Å². The standard InChI is InChI=1S/C12H11NS2/c14-12(9-11-7-4-8-15-11)13-10-5-2-1-3-6-10/h1-8H,9H2,(H,13,14). The van der Waals surface area contributed by atoms with E-state index in [0.29, 0.717) is 0 Å². The monoisotopic (exact) mass is 233 g/mol. The maximum Gasteiger partial charge on any atom is 0.0849 e. The van der Waals surface area contributed by atoms with Crippen molar-refractivity contribution in [3.05, 3.63) is 52.7 Å². The van der Waals surface area contributed by atoms with Crippen LogP contribution in [0.3, 0.4) is 0 Å². The molecule has 0 bridgehead atoms. The Labute approximate surface area is 98.8 Å². The minimum Gasteiger partial charge on any atom is -0.350 e. The van der Waals surface area contributed by atoms with Crippen LogP contribution in [0, 0.1) is 0 Å². The molecule has 0 atom stereocenters. The first-order chi connectivity index (χ1) is 7.34. The van der Waals surface area contributed by atoms with Gasteiger partial charge < -0.3 is 5.32 Å². The van der Waals surface area contributed by atoms with Crippen molar-refractivity contribution in [2.45, 2.75) is 6.42 Å². The van der Waals surface area contributed by atoms with Crippen LogP contribution in [0.15, 0.2) is 47.8 Å². The van der Waals surface area contributed by atoms with Gasteiger partial charge in [0, 0.05) is 17.0 Å². The van der Waals surface area contributed by atoms with Gasteiger partial charge in [-0.1, -0.05) is 36.5 Å². The Morgan fingerprint density at radius 1 is 1.13 bits per heavy atom. The SMILES string of the molecule is S=C(Cc1cccs1)Nc1ccccc1. The molecule has 0 aliphatic heterocycles. The molecule has 1 aromatic heterocycles. The average Bonchev–Trinajstić information content (AvgIpc) is 2.71. The number of para-hydroxylation sites is 1. The lowest BCUT2D eigenvalue weighted by Gasteiger charge is -2.06. The fourth-order valence-electron chi connectivity index (χ4n) is 1.30. The van der Waals surface area contributed by atoms with Gasteiger partial charge in [0.25, 0.3) is 0 Å². The Balaban J connectivity index is 1.94. The molecule has 0 saturated heterocycles. The third kappa shape index (κ3) is 3.15. The molecule has 0 radical (unpaired) electrons. The molecule has 1 heterocycles. The van der Waals surface area contributed by atoms with E-state index in [1.54, 1.807) is 11.3 Å². The van der Waals surface area contributed by atoms with E-state index in [0.717, 1.165) is 17.1 Å². The zero-order chi connectivity index (χ0) is 10.5. The molecular weight excluding hydrogens is 222 g/mol. The molecule has 0 fully saturated rings. The quantitative estimate of drug-likeness (QED) is 0.811. The minimum absolute atomic E-state index is 0.821. The first-order valence-electron chi connectivity index (χ1n) is 4.72. The van der Waals surface area contributed by atoms with Crippen molar-refractivity contribution in [2.24, 2.45) is 0 Å². The van der Waals surface area contributed by atoms with Gasteiger partial charge in [-0.2, -0.15) is 0 Å². The number of hydrogen-bond donors (Lipinski definition) is 1. The van der Waals surface area contributed by atoms with Gasteiger partial charge in [0.2, 0.25) is 0 Å². The molecule has 0 unspecified atom stereocenters. The summed E-state index contributed by atoms with van der Waals surface area (Å²) in [6.45, 7) is 0. The maximum atomic E-state index is 5.28. The number of nitrogens with one attached hydrogen (secondary N) is 1. The van der Waals surface area contributed by atoms with Crippen LogP contribution in [0.5, 0.6) is 0 Å². The van der Waals surface area contributed by atoms with Crippen LogP contribution < -0.4 is 5.32 Å². The highest BCUT2D eigenvalue weighted by Gasteiger charge is 2.00. The molecule has 1 aromatic carbocycles. The first-order valence-corrected chi connectivity index (χ1v) is 6.00. The summed E-state index contributed by atoms with van der Waals surface area (Å²) in [4.78, 5) is 2.16. The van der Waals surface area contributed by atoms with Crippen LogP contribution in [0.4, 0.5) is 5.69 Å². The Morgan fingerprint density at radius 3 is 2.60 bits per heavy atom. The highest BCUT2D eigenvalue weighted by molar-refractivity contribution is 7.80. The molecule has 2 rings (SSSR count). The predicted octanol–water partition coefficient (Wildman–Crippen LogP) is 3.73. The summed E-state index contributed by atoms with van der Waals surface area (Å²) in [7, 11) is 0. The van der Waals surface area contributed by atoms with Gasteiger partial charge in [-0.3, -0.25) is 0 Å². The highest BCUT2D eigenvalue weighted by atomic mass is 32.1. The van der Waals surface area contributed by atoms with Gasteiger partial charge in [-0.05, 0) is 23.6 Å². The van der Waals surface area contributed by atoms with Crippen molar-refractivity contribution in [1.29, 1.82) is 0 Å². The second-order valence-electron chi connectivity index (χ2n) is 3.17. The third-order valence-electron chi connectivity index (χ3n) is 1.97. The summed E-state index contributed by atoms with van der Waals surface area (Å²) in [5, 5.41) is 5.29. The van der Waals surface area contributed by atoms with Gasteiger partial charge in [0.05, 0.1) is 4.99 Å². The molecule has 2 aromatic rings. The smallest absolute Gasteiger partial charge is 0.0849 e. The fourth-order valence-corrected chi connectivity index (χ4v) is 2.38. The molecule has 76 valence electrons. The van der Waals surface area contributed by atoms with Crippen molar-refractivity contribution in [3.8, 4) is 0 Å². The lowest BCUT2D eigenvalue weighted by atomic mass is 10.3. The number of thiocarbonyl (C=S) groups is 1. The summed E-state index contributed by atoms with van der Waals surface area (Å²) in [6, 6.07) is 14.2. The van der Waals surface area contributed by atoms with Crippen LogP contribution in [-0.4, -0.2) is 4.99 Å². The van der Waals surface area contributed by atoms with Crippen molar-refractivity contribution in [1.82, 2.24) is 0 Å². The van der Waals surface area contributed by atoms with E-state index in [-0.39, 0.29) is 0 Å². The van der Waals surface area contributed by atoms with E-state index in [2.05, 4.69) is 16.8 Å². The number of anilines is 1. The van der Waals surface area contributed by atoms with Crippen LogP contribution in [-0.2, 0) is 6.42 Å². The van der Waals surface area contributed by atoms with E-state index in [1.165, 1.54) is 4.88 Å². The van der Waals surface area contributed by atoms with E-state index in [9.17, 15) is 0 Å². The molecular formula is C12H11NS2. The third-order valence-corrected chi connectivity index (χ3v) is 3.10. The molecule has 0 aliphatic carbocycles. The summed E-state index contributed by atoms with van der Waals surface area (Å²) in [5.41, 5.74) is 1.05. The average molecular weight is 233 g/mol. The summed E-state index contributed by atoms with van der Waals surface area (Å²) >= 11 is 7.01. The highest BCUT2D eigenvalue weighted by Crippen LogP contribution is 2.12. The van der Waals surface area contributed by atoms with Crippen LogP contribution in [0.25, 0.3) is 0 Å². The predicted molar refractivity (Wildman–Crippen MR) is 70.7 cm³/mol. The Kier molecular flexibility index (Phi) is 3.48. The van der Waals surface area contributed by atoms with Gasteiger partial charge in [-0.15, -0.1) is 11.3 Å². The Hall–Kier alpha value is -1.19. The largest absolute Gasteiger partial charge is 0.350 e. The fraction of sp³-hybridized carbons (Fsp3) is 0.0833. The first kappa shape index (κ1) is 10.3. The summed E-state index contributed by atoms with van der Waals surface area (Å²) < 4.78 is 0. The molecule has 0 aliphatic rings. The maximum absolute atomic E-state index is 5.28. The lowest BCUT2D eigenvalue weighted by Crippen LogP contribution is -2.10. The number of benzene rings is 1. The lowest BCUT2D eigenvalue weighted by molar-refractivity contribution is 1.43. The van der Waals surface area contributed by atoms with Crippen molar-refractivity contribution < 1.29 is 0 Å². The minimum atomic E-state index is 0.821. The van der Waals surface area contributed by atoms with E-state index in [4.69, 9.17) is 12.2 Å². The van der Waals surface area contributed by atoms with Crippen LogP contribution >= 0.6 is 23.6 Å². The van der Waals surface area contributed by atoms with E-state index >= 15 is 0 Å². The number of hydrogen-bond acceptors (Lipinski definition) is 2. The second kappa shape index (κ2) is 5.05. The van der Waals surface area contributed by atoms with Crippen LogP contribution in [0.1, 0.15) is 4.88 Å². The normalized spacial score (nSPS) is 9.87. The number of rotatable bonds is 3. The zero-order valence-electron chi connectivity index (χ0n) is 8.14. The van der Waals surface area contributed by atoms with Gasteiger partial charge in [-0.25, -0.2) is 0 Å². The molecule has 3 heteroatoms. The Morgan fingerprint density at radius 2 is 1.93 bits per heavy atom. The van der Waals surface area contributed by atoms with Gasteiger partial charge in [0.15, 0.2) is 0 Å².